The van der Waals surface area contributed by atoms with Gasteiger partial charge in [-0.15, -0.1) is 11.3 Å². The summed E-state index contributed by atoms with van der Waals surface area (Å²) < 4.78 is 1.25. The Labute approximate surface area is 160 Å². The number of piperidine rings is 2. The molecule has 1 aromatic carbocycles. The van der Waals surface area contributed by atoms with E-state index in [0.717, 1.165) is 37.9 Å². The lowest BCUT2D eigenvalue weighted by Gasteiger charge is -2.39. The number of benzene rings is 1. The molecule has 0 saturated carbocycles. The van der Waals surface area contributed by atoms with Crippen molar-refractivity contribution in [2.45, 2.75) is 64.0 Å². The van der Waals surface area contributed by atoms with Crippen LogP contribution in [0, 0.1) is 0 Å². The smallest absolute Gasteiger partial charge is 0.237 e. The molecule has 140 valence electrons. The summed E-state index contributed by atoms with van der Waals surface area (Å²) in [4.78, 5) is 22.5. The van der Waals surface area contributed by atoms with Gasteiger partial charge in [0, 0.05) is 12.6 Å². The minimum Gasteiger partial charge on any atom is -0.339 e. The van der Waals surface area contributed by atoms with Crippen LogP contribution in [0.4, 0.5) is 0 Å². The van der Waals surface area contributed by atoms with E-state index in [1.54, 1.807) is 11.3 Å². The summed E-state index contributed by atoms with van der Waals surface area (Å²) in [5, 5.41) is 1.18. The van der Waals surface area contributed by atoms with Crippen molar-refractivity contribution in [3.8, 4) is 0 Å². The van der Waals surface area contributed by atoms with E-state index in [1.165, 1.54) is 35.4 Å². The number of hydrogen-bond acceptors (Lipinski definition) is 4. The minimum absolute atomic E-state index is 0.301. The number of thiazole rings is 1. The van der Waals surface area contributed by atoms with Crippen molar-refractivity contribution < 1.29 is 4.79 Å². The van der Waals surface area contributed by atoms with Gasteiger partial charge in [0.1, 0.15) is 5.01 Å². The number of amides is 1. The molecule has 0 radical (unpaired) electrons. The first kappa shape index (κ1) is 17.9. The van der Waals surface area contributed by atoms with E-state index < -0.39 is 0 Å². The lowest BCUT2D eigenvalue weighted by Crippen LogP contribution is -2.49. The van der Waals surface area contributed by atoms with Crippen LogP contribution in [0.1, 0.15) is 62.9 Å². The molecule has 0 bridgehead atoms. The average molecular weight is 372 g/mol. The summed E-state index contributed by atoms with van der Waals surface area (Å²) in [7, 11) is 0. The second kappa shape index (κ2) is 8.05. The molecule has 2 aromatic rings. The van der Waals surface area contributed by atoms with Crippen LogP contribution < -0.4 is 0 Å². The summed E-state index contributed by atoms with van der Waals surface area (Å²) in [5.74, 6) is 0.324. The highest BCUT2D eigenvalue weighted by molar-refractivity contribution is 7.18. The number of para-hydroxylation sites is 1. The molecule has 2 aliphatic rings. The summed E-state index contributed by atoms with van der Waals surface area (Å²) in [5.41, 5.74) is 1.09. The minimum atomic E-state index is 0.301. The van der Waals surface area contributed by atoms with E-state index in [2.05, 4.69) is 41.0 Å². The number of carbonyl (C=O) groups is 1. The number of fused-ring (bicyclic) bond motifs is 1. The van der Waals surface area contributed by atoms with E-state index in [1.807, 2.05) is 0 Å². The molecular formula is C21H29N3OS. The van der Waals surface area contributed by atoms with Gasteiger partial charge in [0.2, 0.25) is 5.91 Å². The fraction of sp³-hybridized carbons (Fsp3) is 0.619. The highest BCUT2D eigenvalue weighted by Crippen LogP contribution is 2.35. The van der Waals surface area contributed by atoms with Crippen LogP contribution in [0.3, 0.4) is 0 Å². The fourth-order valence-electron chi connectivity index (χ4n) is 4.51. The third kappa shape index (κ3) is 3.65. The Bertz CT molecular complexity index is 726. The van der Waals surface area contributed by atoms with Crippen molar-refractivity contribution in [1.29, 1.82) is 0 Å². The van der Waals surface area contributed by atoms with Crippen molar-refractivity contribution in [2.24, 2.45) is 0 Å². The molecule has 2 atom stereocenters. The molecule has 5 heteroatoms. The van der Waals surface area contributed by atoms with Crippen molar-refractivity contribution in [3.63, 3.8) is 0 Å². The fourth-order valence-corrected chi connectivity index (χ4v) is 5.65. The maximum absolute atomic E-state index is 13.1. The first-order valence-corrected chi connectivity index (χ1v) is 11.0. The second-order valence-electron chi connectivity index (χ2n) is 7.65. The summed E-state index contributed by atoms with van der Waals surface area (Å²) in [6.45, 7) is 4.71. The number of hydrogen-bond donors (Lipinski definition) is 0. The van der Waals surface area contributed by atoms with Gasteiger partial charge in [0.25, 0.3) is 0 Å². The molecule has 4 nitrogen and oxygen atoms in total. The van der Waals surface area contributed by atoms with Gasteiger partial charge in [-0.05, 0) is 57.2 Å². The topological polar surface area (TPSA) is 36.4 Å². The Morgan fingerprint density at radius 3 is 2.81 bits per heavy atom. The normalized spacial score (nSPS) is 24.9. The molecule has 26 heavy (non-hydrogen) atoms. The third-order valence-electron chi connectivity index (χ3n) is 5.97. The number of carbonyl (C=O) groups excluding carboxylic acids is 1. The zero-order valence-corrected chi connectivity index (χ0v) is 16.5. The zero-order valence-electron chi connectivity index (χ0n) is 15.7. The number of aromatic nitrogens is 1. The molecule has 1 amide bonds. The van der Waals surface area contributed by atoms with Gasteiger partial charge in [0.05, 0.1) is 22.8 Å². The summed E-state index contributed by atoms with van der Waals surface area (Å²) in [6, 6.07) is 9.11. The molecule has 0 spiro atoms. The van der Waals surface area contributed by atoms with Crippen molar-refractivity contribution in [3.05, 3.63) is 29.3 Å². The van der Waals surface area contributed by atoms with Gasteiger partial charge in [-0.1, -0.05) is 25.5 Å². The monoisotopic (exact) mass is 371 g/mol. The number of rotatable bonds is 4. The Morgan fingerprint density at radius 2 is 1.96 bits per heavy atom. The summed E-state index contributed by atoms with van der Waals surface area (Å²) in [6.07, 6.45) is 8.20. The van der Waals surface area contributed by atoms with Crippen molar-refractivity contribution in [2.75, 3.05) is 19.6 Å². The van der Waals surface area contributed by atoms with Gasteiger partial charge >= 0.3 is 0 Å². The van der Waals surface area contributed by atoms with E-state index in [0.29, 0.717) is 24.5 Å². The zero-order chi connectivity index (χ0) is 17.9. The van der Waals surface area contributed by atoms with Crippen molar-refractivity contribution >= 4 is 27.5 Å². The van der Waals surface area contributed by atoms with Crippen LogP contribution in [0.5, 0.6) is 0 Å². The predicted octanol–water partition coefficient (Wildman–Crippen LogP) is 4.61. The van der Waals surface area contributed by atoms with Crippen LogP contribution in [0.2, 0.25) is 0 Å². The molecule has 1 aromatic heterocycles. The van der Waals surface area contributed by atoms with E-state index in [9.17, 15) is 4.79 Å². The molecule has 0 aliphatic carbocycles. The first-order valence-electron chi connectivity index (χ1n) is 10.1. The highest BCUT2D eigenvalue weighted by Gasteiger charge is 2.31. The lowest BCUT2D eigenvalue weighted by atomic mass is 9.99. The van der Waals surface area contributed by atoms with E-state index >= 15 is 0 Å². The first-order chi connectivity index (χ1) is 12.8. The molecule has 4 rings (SSSR count). The number of likely N-dealkylation sites (tertiary alicyclic amines) is 2. The lowest BCUT2D eigenvalue weighted by molar-refractivity contribution is -0.137. The third-order valence-corrected chi connectivity index (χ3v) is 7.10. The van der Waals surface area contributed by atoms with Gasteiger partial charge in [0.15, 0.2) is 0 Å². The summed E-state index contributed by atoms with van der Waals surface area (Å²) >= 11 is 1.80. The Kier molecular flexibility index (Phi) is 5.55. The van der Waals surface area contributed by atoms with E-state index in [4.69, 9.17) is 4.98 Å². The molecular weight excluding hydrogens is 342 g/mol. The molecule has 2 saturated heterocycles. The number of nitrogens with zero attached hydrogens (tertiary/aromatic N) is 3. The Morgan fingerprint density at radius 1 is 1.15 bits per heavy atom. The largest absolute Gasteiger partial charge is 0.339 e. The van der Waals surface area contributed by atoms with E-state index in [-0.39, 0.29) is 0 Å². The molecule has 0 unspecified atom stereocenters. The second-order valence-corrected chi connectivity index (χ2v) is 8.71. The Balaban J connectivity index is 1.51. The maximum Gasteiger partial charge on any atom is 0.237 e. The van der Waals surface area contributed by atoms with Gasteiger partial charge < -0.3 is 4.90 Å². The molecule has 2 fully saturated rings. The Hall–Kier alpha value is -1.46. The standard InChI is InChI=1S/C21H29N3OS/c1-2-16-9-5-8-14-24(16)20(25)15-23-13-7-6-11-18(23)21-22-17-10-3-4-12-19(17)26-21/h3-4,10,12,16,18H,2,5-9,11,13-15H2,1H3/t16-,18-/m1/s1. The van der Waals surface area contributed by atoms with Crippen LogP contribution >= 0.6 is 11.3 Å². The SMILES string of the molecule is CC[C@@H]1CCCCN1C(=O)CN1CCCC[C@@H]1c1nc2ccccc2s1. The molecule has 2 aliphatic heterocycles. The van der Waals surface area contributed by atoms with Gasteiger partial charge in [-0.3, -0.25) is 9.69 Å². The van der Waals surface area contributed by atoms with Crippen LogP contribution in [-0.2, 0) is 4.79 Å². The maximum atomic E-state index is 13.1. The highest BCUT2D eigenvalue weighted by atomic mass is 32.1. The van der Waals surface area contributed by atoms with Crippen LogP contribution in [-0.4, -0.2) is 46.4 Å². The predicted molar refractivity (Wildman–Crippen MR) is 107 cm³/mol. The molecule has 0 N–H and O–H groups in total. The molecule has 3 heterocycles. The van der Waals surface area contributed by atoms with Crippen LogP contribution in [0.25, 0.3) is 10.2 Å². The quantitative estimate of drug-likeness (QED) is 0.787. The van der Waals surface area contributed by atoms with Crippen molar-refractivity contribution in [1.82, 2.24) is 14.8 Å². The average Bonchev–Trinajstić information content (AvgIpc) is 3.12. The van der Waals surface area contributed by atoms with Crippen LogP contribution in [0.15, 0.2) is 24.3 Å². The van der Waals surface area contributed by atoms with Gasteiger partial charge in [-0.25, -0.2) is 4.98 Å². The van der Waals surface area contributed by atoms with Gasteiger partial charge in [-0.2, -0.15) is 0 Å².